The lowest BCUT2D eigenvalue weighted by molar-refractivity contribution is -0.136. The van der Waals surface area contributed by atoms with Gasteiger partial charge < -0.3 is 9.80 Å². The first kappa shape index (κ1) is 23.1. The molecule has 0 saturated carbocycles. The lowest BCUT2D eigenvalue weighted by atomic mass is 10.0. The van der Waals surface area contributed by atoms with Crippen molar-refractivity contribution in [1.29, 1.82) is 0 Å². The highest BCUT2D eigenvalue weighted by molar-refractivity contribution is 6.30. The number of benzene rings is 3. The average molecular weight is 461 g/mol. The van der Waals surface area contributed by atoms with Gasteiger partial charge in [0, 0.05) is 30.2 Å². The van der Waals surface area contributed by atoms with Crippen molar-refractivity contribution in [1.82, 2.24) is 9.80 Å². The highest BCUT2D eigenvalue weighted by Gasteiger charge is 2.42. The van der Waals surface area contributed by atoms with E-state index in [9.17, 15) is 9.59 Å². The Kier molecular flexibility index (Phi) is 7.46. The normalized spacial score (nSPS) is 14.9. The van der Waals surface area contributed by atoms with Crippen LogP contribution in [0.25, 0.3) is 0 Å². The molecule has 0 spiro atoms. The van der Waals surface area contributed by atoms with E-state index in [4.69, 9.17) is 11.6 Å². The van der Waals surface area contributed by atoms with Crippen LogP contribution in [0.1, 0.15) is 52.9 Å². The number of unbranched alkanes of at least 4 members (excludes halogenated alkanes) is 1. The van der Waals surface area contributed by atoms with Gasteiger partial charge in [-0.1, -0.05) is 85.6 Å². The van der Waals surface area contributed by atoms with Gasteiger partial charge >= 0.3 is 0 Å². The third kappa shape index (κ3) is 5.28. The summed E-state index contributed by atoms with van der Waals surface area (Å²) in [5.74, 6) is -0.0882. The monoisotopic (exact) mass is 460 g/mol. The molecule has 1 atom stereocenters. The Morgan fingerprint density at radius 1 is 0.939 bits per heavy atom. The highest BCUT2D eigenvalue weighted by atomic mass is 35.5. The minimum atomic E-state index is -0.596. The second kappa shape index (κ2) is 10.7. The third-order valence-electron chi connectivity index (χ3n) is 6.16. The molecule has 0 bridgehead atoms. The number of fused-ring (bicyclic) bond motifs is 1. The van der Waals surface area contributed by atoms with E-state index in [1.54, 1.807) is 4.90 Å². The summed E-state index contributed by atoms with van der Waals surface area (Å²) in [5.41, 5.74) is 3.61. The lowest BCUT2D eigenvalue weighted by Gasteiger charge is -2.31. The van der Waals surface area contributed by atoms with E-state index in [1.165, 1.54) is 0 Å². The summed E-state index contributed by atoms with van der Waals surface area (Å²) < 4.78 is 0. The van der Waals surface area contributed by atoms with Crippen LogP contribution in [0.4, 0.5) is 0 Å². The largest absolute Gasteiger partial charge is 0.336 e. The van der Waals surface area contributed by atoms with Crippen molar-refractivity contribution in [3.8, 4) is 0 Å². The van der Waals surface area contributed by atoms with E-state index in [2.05, 4.69) is 6.92 Å². The number of carbonyl (C=O) groups excluding carboxylic acids is 2. The molecule has 5 heteroatoms. The molecule has 0 aliphatic carbocycles. The van der Waals surface area contributed by atoms with Crippen LogP contribution in [0.3, 0.4) is 0 Å². The van der Waals surface area contributed by atoms with Gasteiger partial charge in [-0.25, -0.2) is 0 Å². The van der Waals surface area contributed by atoms with Crippen molar-refractivity contribution in [3.05, 3.63) is 106 Å². The van der Waals surface area contributed by atoms with Gasteiger partial charge in [0.2, 0.25) is 5.91 Å². The molecule has 0 saturated heterocycles. The van der Waals surface area contributed by atoms with Gasteiger partial charge in [0.05, 0.1) is 0 Å². The number of nitrogens with zero attached hydrogens (tertiary/aromatic N) is 2. The Morgan fingerprint density at radius 3 is 2.36 bits per heavy atom. The minimum Gasteiger partial charge on any atom is -0.336 e. The van der Waals surface area contributed by atoms with Crippen molar-refractivity contribution in [3.63, 3.8) is 0 Å². The van der Waals surface area contributed by atoms with Gasteiger partial charge in [-0.05, 0) is 47.7 Å². The zero-order valence-electron chi connectivity index (χ0n) is 18.9. The molecule has 1 aliphatic heterocycles. The number of rotatable bonds is 9. The summed E-state index contributed by atoms with van der Waals surface area (Å²) in [4.78, 5) is 30.9. The zero-order valence-corrected chi connectivity index (χ0v) is 19.7. The fourth-order valence-electron chi connectivity index (χ4n) is 4.36. The van der Waals surface area contributed by atoms with Crippen LogP contribution in [-0.2, 0) is 17.8 Å². The second-order valence-electron chi connectivity index (χ2n) is 8.46. The third-order valence-corrected chi connectivity index (χ3v) is 6.41. The molecular formula is C28H29ClN2O2. The van der Waals surface area contributed by atoms with Crippen LogP contribution in [0, 0.1) is 0 Å². The smallest absolute Gasteiger partial charge is 0.255 e. The number of carbonyl (C=O) groups is 2. The van der Waals surface area contributed by atoms with Gasteiger partial charge in [0.1, 0.15) is 6.04 Å². The molecule has 1 unspecified atom stereocenters. The fraction of sp³-hybridized carbons (Fsp3) is 0.286. The van der Waals surface area contributed by atoms with Crippen molar-refractivity contribution in [2.24, 2.45) is 0 Å². The van der Waals surface area contributed by atoms with Gasteiger partial charge in [-0.15, -0.1) is 0 Å². The molecule has 4 nitrogen and oxygen atoms in total. The van der Waals surface area contributed by atoms with Crippen LogP contribution in [0.15, 0.2) is 78.9 Å². The maximum absolute atomic E-state index is 13.9. The first-order valence-corrected chi connectivity index (χ1v) is 11.9. The Balaban J connectivity index is 1.61. The van der Waals surface area contributed by atoms with E-state index in [-0.39, 0.29) is 11.8 Å². The molecule has 0 radical (unpaired) electrons. The molecule has 3 aromatic carbocycles. The molecule has 4 rings (SSSR count). The summed E-state index contributed by atoms with van der Waals surface area (Å²) >= 11 is 6.02. The van der Waals surface area contributed by atoms with Crippen LogP contribution in [0.2, 0.25) is 5.02 Å². The molecule has 170 valence electrons. The van der Waals surface area contributed by atoms with Crippen molar-refractivity contribution < 1.29 is 9.59 Å². The van der Waals surface area contributed by atoms with E-state index in [1.807, 2.05) is 83.8 Å². The Bertz CT molecular complexity index is 1100. The molecule has 0 N–H and O–H groups in total. The summed E-state index contributed by atoms with van der Waals surface area (Å²) in [6, 6.07) is 24.6. The van der Waals surface area contributed by atoms with Crippen molar-refractivity contribution in [2.45, 2.75) is 38.8 Å². The van der Waals surface area contributed by atoms with Gasteiger partial charge in [0.15, 0.2) is 0 Å². The quantitative estimate of drug-likeness (QED) is 0.398. The predicted molar refractivity (Wildman–Crippen MR) is 132 cm³/mol. The van der Waals surface area contributed by atoms with Gasteiger partial charge in [-0.3, -0.25) is 9.59 Å². The topological polar surface area (TPSA) is 40.6 Å². The van der Waals surface area contributed by atoms with E-state index < -0.39 is 6.04 Å². The molecule has 0 fully saturated rings. The van der Waals surface area contributed by atoms with Crippen LogP contribution in [-0.4, -0.2) is 34.7 Å². The Labute approximate surface area is 200 Å². The van der Waals surface area contributed by atoms with Crippen LogP contribution in [0.5, 0.6) is 0 Å². The number of amides is 2. The average Bonchev–Trinajstić information content (AvgIpc) is 3.13. The maximum atomic E-state index is 13.9. The van der Waals surface area contributed by atoms with Crippen molar-refractivity contribution >= 4 is 23.4 Å². The maximum Gasteiger partial charge on any atom is 0.255 e. The molecular weight excluding hydrogens is 432 g/mol. The molecule has 2 amide bonds. The predicted octanol–water partition coefficient (Wildman–Crippen LogP) is 5.91. The number of hydrogen-bond donors (Lipinski definition) is 0. The van der Waals surface area contributed by atoms with Crippen LogP contribution >= 0.6 is 11.6 Å². The summed E-state index contributed by atoms with van der Waals surface area (Å²) in [7, 11) is 0. The van der Waals surface area contributed by atoms with E-state index in [0.717, 1.165) is 29.5 Å². The zero-order chi connectivity index (χ0) is 23.2. The fourth-order valence-corrected chi connectivity index (χ4v) is 4.49. The molecule has 3 aromatic rings. The summed E-state index contributed by atoms with van der Waals surface area (Å²) in [6.07, 6.45) is 2.58. The highest BCUT2D eigenvalue weighted by Crippen LogP contribution is 2.35. The first-order chi connectivity index (χ1) is 16.1. The lowest BCUT2D eigenvalue weighted by Crippen LogP contribution is -2.42. The Hall–Kier alpha value is -3.11. The number of halogens is 1. The first-order valence-electron chi connectivity index (χ1n) is 11.6. The van der Waals surface area contributed by atoms with Gasteiger partial charge in [-0.2, -0.15) is 0 Å². The standard InChI is InChI=1S/C28H29ClN2O2/c1-2-3-18-30(20-22-9-5-4-6-10-22)28(33)26-24-11-7-8-12-25(24)27(32)31(26)19-17-21-13-15-23(29)16-14-21/h4-16,26H,2-3,17-20H2,1H3. The second-order valence-corrected chi connectivity index (χ2v) is 8.90. The van der Waals surface area contributed by atoms with Crippen molar-refractivity contribution in [2.75, 3.05) is 13.1 Å². The van der Waals surface area contributed by atoms with Crippen LogP contribution < -0.4 is 0 Å². The minimum absolute atomic E-state index is 0.0123. The molecule has 0 aromatic heterocycles. The molecule has 1 aliphatic rings. The van der Waals surface area contributed by atoms with E-state index in [0.29, 0.717) is 36.6 Å². The Morgan fingerprint density at radius 2 is 1.64 bits per heavy atom. The molecule has 1 heterocycles. The summed E-state index contributed by atoms with van der Waals surface area (Å²) in [6.45, 7) is 3.80. The van der Waals surface area contributed by atoms with Gasteiger partial charge in [0.25, 0.3) is 5.91 Å². The number of hydrogen-bond acceptors (Lipinski definition) is 2. The summed E-state index contributed by atoms with van der Waals surface area (Å²) in [5, 5.41) is 0.684. The van der Waals surface area contributed by atoms with E-state index >= 15 is 0 Å². The SMILES string of the molecule is CCCCN(Cc1ccccc1)C(=O)C1c2ccccc2C(=O)N1CCc1ccc(Cl)cc1. The molecule has 33 heavy (non-hydrogen) atoms.